The first-order valence-electron chi connectivity index (χ1n) is 4.01. The minimum Gasteiger partial charge on any atom is -0.435 e. The van der Waals surface area contributed by atoms with Crippen LogP contribution < -0.4 is 4.74 Å². The van der Waals surface area contributed by atoms with E-state index >= 15 is 0 Å². The summed E-state index contributed by atoms with van der Waals surface area (Å²) in [6.45, 7) is 5.68. The van der Waals surface area contributed by atoms with Crippen LogP contribution in [0.2, 0.25) is 0 Å². The fourth-order valence-electron chi connectivity index (χ4n) is 1.06. The number of benzene rings is 1. The highest BCUT2D eigenvalue weighted by molar-refractivity contribution is 5.37. The van der Waals surface area contributed by atoms with Gasteiger partial charge < -0.3 is 9.58 Å². The molecule has 0 unspecified atom stereocenters. The smallest absolute Gasteiger partial charge is 0.387 e. The molecule has 0 aromatic heterocycles. The normalized spacial score (nSPS) is 9.93. The molecule has 0 radical (unpaired) electrons. The van der Waals surface area contributed by atoms with Crippen molar-refractivity contribution >= 4 is 0 Å². The molecule has 0 heterocycles. The van der Waals surface area contributed by atoms with Crippen molar-refractivity contribution in [3.05, 3.63) is 40.7 Å². The Hall–Kier alpha value is -1.63. The lowest BCUT2D eigenvalue weighted by Gasteiger charge is -2.07. The average Bonchev–Trinajstić information content (AvgIpc) is 2.10. The maximum atomic E-state index is 11.9. The van der Waals surface area contributed by atoms with E-state index in [1.807, 2.05) is 0 Å². The number of aryl methyl sites for hydroxylation is 1. The van der Waals surface area contributed by atoms with Gasteiger partial charge in [0.05, 0.1) is 0 Å². The third-order valence-corrected chi connectivity index (χ3v) is 1.73. The van der Waals surface area contributed by atoms with Crippen LogP contribution >= 0.6 is 0 Å². The third-order valence-electron chi connectivity index (χ3n) is 1.73. The van der Waals surface area contributed by atoms with Gasteiger partial charge in [-0.05, 0) is 18.6 Å². The zero-order valence-electron chi connectivity index (χ0n) is 7.63. The summed E-state index contributed by atoms with van der Waals surface area (Å²) in [6.07, 6.45) is 0. The van der Waals surface area contributed by atoms with E-state index in [1.165, 1.54) is 6.07 Å². The average molecular weight is 197 g/mol. The van der Waals surface area contributed by atoms with E-state index in [0.717, 1.165) is 0 Å². The number of hydrogen-bond donors (Lipinski definition) is 0. The van der Waals surface area contributed by atoms with Crippen molar-refractivity contribution < 1.29 is 13.5 Å². The maximum absolute atomic E-state index is 11.9. The summed E-state index contributed by atoms with van der Waals surface area (Å²) >= 11 is 0. The topological polar surface area (TPSA) is 13.6 Å². The Bertz CT molecular complexity index is 358. The molecule has 0 aliphatic rings. The molecular weight excluding hydrogens is 188 g/mol. The van der Waals surface area contributed by atoms with Gasteiger partial charge in [0.15, 0.2) is 0 Å². The van der Waals surface area contributed by atoms with E-state index in [1.54, 1.807) is 19.1 Å². The van der Waals surface area contributed by atoms with Gasteiger partial charge in [0, 0.05) is 5.56 Å². The summed E-state index contributed by atoms with van der Waals surface area (Å²) in [5.41, 5.74) is 1.32. The van der Waals surface area contributed by atoms with Crippen LogP contribution in [-0.4, -0.2) is 6.61 Å². The molecule has 0 saturated heterocycles. The third kappa shape index (κ3) is 2.70. The molecule has 1 aromatic rings. The summed E-state index contributed by atoms with van der Waals surface area (Å²) in [4.78, 5) is 3.16. The largest absolute Gasteiger partial charge is 0.435 e. The number of nitrogens with zero attached hydrogens (tertiary/aromatic N) is 1. The Morgan fingerprint density at radius 3 is 2.79 bits per heavy atom. The molecule has 4 heteroatoms. The van der Waals surface area contributed by atoms with Gasteiger partial charge in [-0.3, -0.25) is 0 Å². The van der Waals surface area contributed by atoms with Crippen molar-refractivity contribution in [2.75, 3.05) is 0 Å². The Morgan fingerprint density at radius 1 is 1.50 bits per heavy atom. The molecule has 2 nitrogen and oxygen atoms in total. The van der Waals surface area contributed by atoms with E-state index in [9.17, 15) is 8.78 Å². The van der Waals surface area contributed by atoms with Crippen LogP contribution in [0.25, 0.3) is 4.85 Å². The van der Waals surface area contributed by atoms with Crippen molar-refractivity contribution in [3.63, 3.8) is 0 Å². The number of halogens is 2. The molecule has 74 valence electrons. The molecule has 0 bridgehead atoms. The van der Waals surface area contributed by atoms with Crippen molar-refractivity contribution in [1.82, 2.24) is 0 Å². The van der Waals surface area contributed by atoms with Crippen LogP contribution in [0.5, 0.6) is 5.75 Å². The molecule has 14 heavy (non-hydrogen) atoms. The van der Waals surface area contributed by atoms with Gasteiger partial charge in [-0.15, -0.1) is 0 Å². The van der Waals surface area contributed by atoms with Crippen LogP contribution in [0, 0.1) is 13.5 Å². The van der Waals surface area contributed by atoms with Crippen LogP contribution in [0.15, 0.2) is 18.2 Å². The van der Waals surface area contributed by atoms with Gasteiger partial charge >= 0.3 is 6.61 Å². The highest BCUT2D eigenvalue weighted by atomic mass is 19.3. The molecular formula is C10H9F2NO. The number of hydrogen-bond acceptors (Lipinski definition) is 1. The number of alkyl halides is 2. The van der Waals surface area contributed by atoms with E-state index in [-0.39, 0.29) is 12.3 Å². The monoisotopic (exact) mass is 197 g/mol. The van der Waals surface area contributed by atoms with Gasteiger partial charge in [0.1, 0.15) is 5.75 Å². The standard InChI is InChI=1S/C10H9F2NO/c1-7-3-4-8(6-13-2)5-9(7)14-10(11)12/h3-5,10H,6H2,1H3. The van der Waals surface area contributed by atoms with Gasteiger partial charge in [-0.2, -0.15) is 8.78 Å². The second kappa shape index (κ2) is 4.56. The van der Waals surface area contributed by atoms with Gasteiger partial charge in [0.2, 0.25) is 6.54 Å². The quantitative estimate of drug-likeness (QED) is 0.679. The minimum atomic E-state index is -2.82. The Kier molecular flexibility index (Phi) is 3.41. The first-order valence-corrected chi connectivity index (χ1v) is 4.01. The van der Waals surface area contributed by atoms with Crippen molar-refractivity contribution in [2.45, 2.75) is 20.1 Å². The number of rotatable bonds is 3. The summed E-state index contributed by atoms with van der Waals surface area (Å²) in [7, 11) is 0. The molecule has 0 fully saturated rings. The lowest BCUT2D eigenvalue weighted by molar-refractivity contribution is -0.0503. The van der Waals surface area contributed by atoms with E-state index in [0.29, 0.717) is 11.1 Å². The molecule has 0 saturated carbocycles. The lowest BCUT2D eigenvalue weighted by Crippen LogP contribution is -2.03. The zero-order chi connectivity index (χ0) is 10.6. The fraction of sp³-hybridized carbons (Fsp3) is 0.300. The lowest BCUT2D eigenvalue weighted by atomic mass is 10.1. The first kappa shape index (κ1) is 10.5. The van der Waals surface area contributed by atoms with Crippen LogP contribution in [0.4, 0.5) is 8.78 Å². The Morgan fingerprint density at radius 2 is 2.21 bits per heavy atom. The predicted molar refractivity (Wildman–Crippen MR) is 48.1 cm³/mol. The summed E-state index contributed by atoms with van der Waals surface area (Å²) in [5, 5.41) is 0. The molecule has 0 atom stereocenters. The van der Waals surface area contributed by atoms with E-state index in [4.69, 9.17) is 6.57 Å². The SMILES string of the molecule is [C-]#[N+]Cc1ccc(C)c(OC(F)F)c1. The highest BCUT2D eigenvalue weighted by Crippen LogP contribution is 2.21. The van der Waals surface area contributed by atoms with Gasteiger partial charge in [0.25, 0.3) is 0 Å². The predicted octanol–water partition coefficient (Wildman–Crippen LogP) is 3.02. The molecule has 0 aliphatic heterocycles. The molecule has 1 aromatic carbocycles. The van der Waals surface area contributed by atoms with Crippen molar-refractivity contribution in [1.29, 1.82) is 0 Å². The van der Waals surface area contributed by atoms with Crippen LogP contribution in [0.1, 0.15) is 11.1 Å². The summed E-state index contributed by atoms with van der Waals surface area (Å²) in [5.74, 6) is 0.140. The highest BCUT2D eigenvalue weighted by Gasteiger charge is 2.08. The maximum Gasteiger partial charge on any atom is 0.387 e. The molecule has 1 rings (SSSR count). The zero-order valence-corrected chi connectivity index (χ0v) is 7.63. The fourth-order valence-corrected chi connectivity index (χ4v) is 1.06. The molecule has 0 spiro atoms. The molecule has 0 aliphatic carbocycles. The molecule has 0 N–H and O–H groups in total. The van der Waals surface area contributed by atoms with E-state index < -0.39 is 6.61 Å². The molecule has 0 amide bonds. The summed E-state index contributed by atoms with van der Waals surface area (Å²) in [6, 6.07) is 4.86. The second-order valence-corrected chi connectivity index (χ2v) is 2.79. The Labute approximate surface area is 80.9 Å². The van der Waals surface area contributed by atoms with Gasteiger partial charge in [-0.1, -0.05) is 12.1 Å². The van der Waals surface area contributed by atoms with Crippen molar-refractivity contribution in [3.8, 4) is 5.75 Å². The summed E-state index contributed by atoms with van der Waals surface area (Å²) < 4.78 is 28.2. The second-order valence-electron chi connectivity index (χ2n) is 2.79. The van der Waals surface area contributed by atoms with Gasteiger partial charge in [-0.25, -0.2) is 6.57 Å². The van der Waals surface area contributed by atoms with Crippen LogP contribution in [0.3, 0.4) is 0 Å². The van der Waals surface area contributed by atoms with E-state index in [2.05, 4.69) is 9.58 Å². The van der Waals surface area contributed by atoms with Crippen molar-refractivity contribution in [2.24, 2.45) is 0 Å². The Balaban J connectivity index is 2.91. The minimum absolute atomic E-state index is 0.140. The number of ether oxygens (including phenoxy) is 1. The first-order chi connectivity index (χ1) is 6.63. The van der Waals surface area contributed by atoms with Crippen LogP contribution in [-0.2, 0) is 6.54 Å².